The first-order valence-corrected chi connectivity index (χ1v) is 15.0. The van der Waals surface area contributed by atoms with Gasteiger partial charge in [-0.3, -0.25) is 13.9 Å². The molecule has 37 heavy (non-hydrogen) atoms. The molecule has 0 unspecified atom stereocenters. The number of nitrogens with zero attached hydrogens (tertiary/aromatic N) is 2. The summed E-state index contributed by atoms with van der Waals surface area (Å²) in [5.74, 6) is -0.516. The average Bonchev–Trinajstić information content (AvgIpc) is 2.82. The third-order valence-corrected chi connectivity index (χ3v) is 8.06. The van der Waals surface area contributed by atoms with Crippen molar-refractivity contribution >= 4 is 50.7 Å². The van der Waals surface area contributed by atoms with Gasteiger partial charge in [-0.2, -0.15) is 0 Å². The van der Waals surface area contributed by atoms with Crippen LogP contribution in [0.3, 0.4) is 0 Å². The van der Waals surface area contributed by atoms with Gasteiger partial charge in [-0.1, -0.05) is 48.7 Å². The van der Waals surface area contributed by atoms with Crippen molar-refractivity contribution in [3.8, 4) is 0 Å². The van der Waals surface area contributed by atoms with Gasteiger partial charge in [0.1, 0.15) is 6.04 Å². The number of carbonyl (C=O) groups is 2. The molecule has 204 valence electrons. The Morgan fingerprint density at radius 1 is 1.03 bits per heavy atom. The smallest absolute Gasteiger partial charge is 0.242 e. The highest BCUT2D eigenvalue weighted by Crippen LogP contribution is 2.25. The largest absolute Gasteiger partial charge is 0.354 e. The summed E-state index contributed by atoms with van der Waals surface area (Å²) in [6.07, 6.45) is 3.29. The maximum atomic E-state index is 13.4. The normalized spacial score (nSPS) is 12.2. The van der Waals surface area contributed by atoms with Gasteiger partial charge in [0, 0.05) is 36.1 Å². The van der Waals surface area contributed by atoms with Gasteiger partial charge in [-0.15, -0.1) is 0 Å². The molecule has 2 rings (SSSR count). The third kappa shape index (κ3) is 9.20. The molecule has 0 aliphatic heterocycles. The predicted octanol–water partition coefficient (Wildman–Crippen LogP) is 5.49. The average molecular weight is 571 g/mol. The molecule has 0 spiro atoms. The molecule has 0 radical (unpaired) electrons. The third-order valence-electron chi connectivity index (χ3n) is 6.28. The number of amides is 2. The highest BCUT2D eigenvalue weighted by molar-refractivity contribution is 7.92. The number of sulfonamides is 1. The summed E-state index contributed by atoms with van der Waals surface area (Å²) in [6.45, 7) is 8.40. The summed E-state index contributed by atoms with van der Waals surface area (Å²) >= 11 is 12.4. The lowest BCUT2D eigenvalue weighted by molar-refractivity contribution is -0.140. The van der Waals surface area contributed by atoms with E-state index >= 15 is 0 Å². The Labute approximate surface area is 231 Å². The molecule has 2 aromatic carbocycles. The number of hydrogen-bond donors (Lipinski definition) is 1. The van der Waals surface area contributed by atoms with Crippen LogP contribution in [-0.4, -0.2) is 50.5 Å². The molecular formula is C27H37Cl2N3O4S. The van der Waals surface area contributed by atoms with Crippen molar-refractivity contribution in [3.05, 3.63) is 63.1 Å². The summed E-state index contributed by atoms with van der Waals surface area (Å²) in [4.78, 5) is 27.7. The highest BCUT2D eigenvalue weighted by Gasteiger charge is 2.27. The minimum absolute atomic E-state index is 0.0641. The molecule has 2 aromatic rings. The Morgan fingerprint density at radius 2 is 1.73 bits per heavy atom. The van der Waals surface area contributed by atoms with Gasteiger partial charge in [0.15, 0.2) is 0 Å². The lowest BCUT2D eigenvalue weighted by Gasteiger charge is -2.30. The molecule has 2 amide bonds. The predicted molar refractivity (Wildman–Crippen MR) is 152 cm³/mol. The summed E-state index contributed by atoms with van der Waals surface area (Å²) in [6, 6.07) is 9.76. The Morgan fingerprint density at radius 3 is 2.32 bits per heavy atom. The summed E-state index contributed by atoms with van der Waals surface area (Å²) in [5.41, 5.74) is 3.28. The first kappa shape index (κ1) is 30.9. The number of unbranched alkanes of at least 4 members (excludes halogenated alkanes) is 1. The first-order valence-electron chi connectivity index (χ1n) is 12.4. The van der Waals surface area contributed by atoms with E-state index in [4.69, 9.17) is 23.2 Å². The van der Waals surface area contributed by atoms with Crippen LogP contribution in [0.5, 0.6) is 0 Å². The van der Waals surface area contributed by atoms with Crippen molar-refractivity contribution in [1.29, 1.82) is 0 Å². The van der Waals surface area contributed by atoms with E-state index < -0.39 is 16.1 Å². The van der Waals surface area contributed by atoms with Crippen LogP contribution in [0.25, 0.3) is 0 Å². The molecule has 0 aliphatic rings. The highest BCUT2D eigenvalue weighted by atomic mass is 35.5. The van der Waals surface area contributed by atoms with E-state index in [-0.39, 0.29) is 37.7 Å². The summed E-state index contributed by atoms with van der Waals surface area (Å²) in [5, 5.41) is 3.76. The fourth-order valence-corrected chi connectivity index (χ4v) is 5.26. The fraction of sp³-hybridized carbons (Fsp3) is 0.481. The van der Waals surface area contributed by atoms with Crippen LogP contribution in [0, 0.1) is 13.8 Å². The van der Waals surface area contributed by atoms with Crippen molar-refractivity contribution in [2.45, 2.75) is 66.0 Å². The standard InChI is InChI=1S/C27H37Cl2N3O4S/c1-6-7-14-30-27(34)21(4)31(18-22-11-12-23(28)17-25(22)29)26(33)9-8-15-32(37(5,35)36)24-13-10-19(2)20(3)16-24/h10-13,16-17,21H,6-9,14-15,18H2,1-5H3,(H,30,34)/t21-/m1/s1. The molecule has 0 fully saturated rings. The molecule has 0 heterocycles. The molecule has 0 aromatic heterocycles. The number of halogens is 2. The Kier molecular flexibility index (Phi) is 11.7. The van der Waals surface area contributed by atoms with Gasteiger partial charge >= 0.3 is 0 Å². The first-order chi connectivity index (χ1) is 17.3. The molecule has 7 nitrogen and oxygen atoms in total. The van der Waals surface area contributed by atoms with Crippen LogP contribution in [0.4, 0.5) is 5.69 Å². The number of anilines is 1. The zero-order valence-corrected chi connectivity index (χ0v) is 24.5. The van der Waals surface area contributed by atoms with Crippen molar-refractivity contribution in [2.24, 2.45) is 0 Å². The molecular weight excluding hydrogens is 533 g/mol. The van der Waals surface area contributed by atoms with Gasteiger partial charge < -0.3 is 10.2 Å². The number of aryl methyl sites for hydroxylation is 2. The van der Waals surface area contributed by atoms with Gasteiger partial charge in [0.05, 0.1) is 11.9 Å². The van der Waals surface area contributed by atoms with E-state index in [9.17, 15) is 18.0 Å². The van der Waals surface area contributed by atoms with E-state index in [0.717, 1.165) is 30.2 Å². The summed E-state index contributed by atoms with van der Waals surface area (Å²) in [7, 11) is -3.55. The van der Waals surface area contributed by atoms with E-state index in [0.29, 0.717) is 27.8 Å². The van der Waals surface area contributed by atoms with Crippen LogP contribution < -0.4 is 9.62 Å². The molecule has 0 bridgehead atoms. The molecule has 1 atom stereocenters. The van der Waals surface area contributed by atoms with E-state index in [1.54, 1.807) is 31.2 Å². The second kappa shape index (κ2) is 14.0. The van der Waals surface area contributed by atoms with Crippen LogP contribution in [0.1, 0.15) is 56.2 Å². The van der Waals surface area contributed by atoms with Crippen LogP contribution >= 0.6 is 23.2 Å². The van der Waals surface area contributed by atoms with E-state index in [1.165, 1.54) is 9.21 Å². The number of carbonyl (C=O) groups excluding carboxylic acids is 2. The Bertz CT molecular complexity index is 1200. The lowest BCUT2D eigenvalue weighted by atomic mass is 10.1. The van der Waals surface area contributed by atoms with Crippen LogP contribution in [-0.2, 0) is 26.2 Å². The fourth-order valence-electron chi connectivity index (χ4n) is 3.84. The van der Waals surface area contributed by atoms with Gasteiger partial charge in [0.25, 0.3) is 0 Å². The zero-order chi connectivity index (χ0) is 27.8. The van der Waals surface area contributed by atoms with Crippen LogP contribution in [0.2, 0.25) is 10.0 Å². The molecule has 0 saturated carbocycles. The van der Waals surface area contributed by atoms with E-state index in [1.807, 2.05) is 32.9 Å². The maximum absolute atomic E-state index is 13.4. The molecule has 0 saturated heterocycles. The van der Waals surface area contributed by atoms with Crippen molar-refractivity contribution < 1.29 is 18.0 Å². The van der Waals surface area contributed by atoms with Crippen molar-refractivity contribution in [1.82, 2.24) is 10.2 Å². The topological polar surface area (TPSA) is 86.8 Å². The second-order valence-electron chi connectivity index (χ2n) is 9.29. The SMILES string of the molecule is CCCCNC(=O)[C@@H](C)N(Cc1ccc(Cl)cc1Cl)C(=O)CCCN(c1ccc(C)c(C)c1)S(C)(=O)=O. The number of hydrogen-bond acceptors (Lipinski definition) is 4. The lowest BCUT2D eigenvalue weighted by Crippen LogP contribution is -2.48. The van der Waals surface area contributed by atoms with Crippen molar-refractivity contribution in [3.63, 3.8) is 0 Å². The quantitative estimate of drug-likeness (QED) is 0.323. The zero-order valence-electron chi connectivity index (χ0n) is 22.2. The minimum Gasteiger partial charge on any atom is -0.354 e. The second-order valence-corrected chi connectivity index (χ2v) is 12.0. The Hall–Kier alpha value is -2.29. The van der Waals surface area contributed by atoms with Gasteiger partial charge in [0.2, 0.25) is 21.8 Å². The summed E-state index contributed by atoms with van der Waals surface area (Å²) < 4.78 is 26.4. The van der Waals surface area contributed by atoms with Crippen LogP contribution in [0.15, 0.2) is 36.4 Å². The molecule has 10 heteroatoms. The monoisotopic (exact) mass is 569 g/mol. The Balaban J connectivity index is 2.20. The van der Waals surface area contributed by atoms with Crippen molar-refractivity contribution in [2.75, 3.05) is 23.7 Å². The van der Waals surface area contributed by atoms with Gasteiger partial charge in [-0.25, -0.2) is 8.42 Å². The maximum Gasteiger partial charge on any atom is 0.242 e. The molecule has 1 N–H and O–H groups in total. The van der Waals surface area contributed by atoms with Gasteiger partial charge in [-0.05, 0) is 74.6 Å². The molecule has 0 aliphatic carbocycles. The number of nitrogens with one attached hydrogen (secondary N) is 1. The van der Waals surface area contributed by atoms with E-state index in [2.05, 4.69) is 5.32 Å². The minimum atomic E-state index is -3.55. The number of benzene rings is 2. The number of rotatable bonds is 13.